The molecule has 4 rings (SSSR count). The number of ether oxygens (including phenoxy) is 1. The van der Waals surface area contributed by atoms with Crippen LogP contribution in [0.15, 0.2) is 75.8 Å². The fourth-order valence-electron chi connectivity index (χ4n) is 2.83. The number of cyclic esters (lactones) is 1. The Bertz CT molecular complexity index is 1240. The Morgan fingerprint density at radius 1 is 1.00 bits per heavy atom. The monoisotopic (exact) mass is 428 g/mol. The van der Waals surface area contributed by atoms with Crippen LogP contribution in [-0.2, 0) is 15.7 Å². The van der Waals surface area contributed by atoms with Crippen LogP contribution in [0.25, 0.3) is 17.4 Å². The molecule has 0 radical (unpaired) electrons. The molecule has 1 aliphatic rings. The largest absolute Gasteiger partial charge is 0.457 e. The van der Waals surface area contributed by atoms with E-state index in [4.69, 9.17) is 9.15 Å². The highest BCUT2D eigenvalue weighted by Gasteiger charge is 2.30. The molecule has 0 unspecified atom stereocenters. The van der Waals surface area contributed by atoms with Gasteiger partial charge in [0.15, 0.2) is 5.70 Å². The number of nitro groups is 1. The second kappa shape index (κ2) is 7.56. The van der Waals surface area contributed by atoms with Crippen molar-refractivity contribution in [3.05, 3.63) is 93.4 Å². The first-order valence-electron chi connectivity index (χ1n) is 8.75. The fourth-order valence-corrected chi connectivity index (χ4v) is 2.83. The molecule has 1 aliphatic heterocycles. The maximum Gasteiger partial charge on any atom is 0.416 e. The van der Waals surface area contributed by atoms with E-state index in [-0.39, 0.29) is 34.4 Å². The van der Waals surface area contributed by atoms with Crippen LogP contribution in [0, 0.1) is 10.1 Å². The normalized spacial score (nSPS) is 15.1. The Morgan fingerprint density at radius 3 is 2.42 bits per heavy atom. The van der Waals surface area contributed by atoms with Gasteiger partial charge >= 0.3 is 12.1 Å². The zero-order chi connectivity index (χ0) is 22.2. The van der Waals surface area contributed by atoms with Gasteiger partial charge in [-0.1, -0.05) is 12.1 Å². The highest BCUT2D eigenvalue weighted by atomic mass is 19.4. The minimum absolute atomic E-state index is 0.0317. The summed E-state index contributed by atoms with van der Waals surface area (Å²) in [5, 5.41) is 10.7. The first kappa shape index (κ1) is 20.1. The van der Waals surface area contributed by atoms with Crippen LogP contribution in [0.5, 0.6) is 0 Å². The number of carbonyl (C=O) groups is 1. The number of nitrogens with zero attached hydrogens (tertiary/aromatic N) is 2. The second-order valence-electron chi connectivity index (χ2n) is 6.42. The van der Waals surface area contributed by atoms with Crippen molar-refractivity contribution in [3.8, 4) is 11.3 Å². The number of rotatable bonds is 4. The first-order chi connectivity index (χ1) is 14.7. The molecule has 0 aliphatic carbocycles. The number of aliphatic imine (C=N–C) groups is 1. The SMILES string of the molecule is O=C1OC(c2ccc([N+](=O)[O-])cc2)=NC1=Cc1ccc(-c2cccc(C(F)(F)F)c2)o1. The van der Waals surface area contributed by atoms with Crippen molar-refractivity contribution in [1.29, 1.82) is 0 Å². The maximum absolute atomic E-state index is 12.9. The van der Waals surface area contributed by atoms with E-state index in [9.17, 15) is 28.1 Å². The number of halogens is 3. The summed E-state index contributed by atoms with van der Waals surface area (Å²) in [6.45, 7) is 0. The number of benzene rings is 2. The molecule has 156 valence electrons. The topological polar surface area (TPSA) is 94.9 Å². The molecule has 0 N–H and O–H groups in total. The van der Waals surface area contributed by atoms with Crippen molar-refractivity contribution < 1.29 is 32.0 Å². The average molecular weight is 428 g/mol. The van der Waals surface area contributed by atoms with E-state index < -0.39 is 22.6 Å². The van der Waals surface area contributed by atoms with Gasteiger partial charge in [-0.25, -0.2) is 9.79 Å². The number of nitro benzene ring substituents is 1. The quantitative estimate of drug-likeness (QED) is 0.246. The molecular weight excluding hydrogens is 417 g/mol. The number of carbonyl (C=O) groups excluding carboxylic acids is 1. The Morgan fingerprint density at radius 2 is 1.74 bits per heavy atom. The van der Waals surface area contributed by atoms with Crippen LogP contribution in [0.4, 0.5) is 18.9 Å². The first-order valence-corrected chi connectivity index (χ1v) is 8.75. The summed E-state index contributed by atoms with van der Waals surface area (Å²) >= 11 is 0. The molecule has 0 amide bonds. The maximum atomic E-state index is 12.9. The zero-order valence-corrected chi connectivity index (χ0v) is 15.4. The lowest BCUT2D eigenvalue weighted by molar-refractivity contribution is -0.384. The molecular formula is C21H11F3N2O5. The van der Waals surface area contributed by atoms with Crippen LogP contribution in [0.2, 0.25) is 0 Å². The van der Waals surface area contributed by atoms with Crippen molar-refractivity contribution in [2.24, 2.45) is 4.99 Å². The Hall–Kier alpha value is -4.21. The van der Waals surface area contributed by atoms with E-state index in [1.54, 1.807) is 0 Å². The number of furan rings is 1. The fraction of sp³-hybridized carbons (Fsp3) is 0.0476. The van der Waals surface area contributed by atoms with Gasteiger partial charge in [0.25, 0.3) is 5.69 Å². The minimum Gasteiger partial charge on any atom is -0.457 e. The molecule has 0 atom stereocenters. The molecule has 3 aromatic rings. The summed E-state index contributed by atoms with van der Waals surface area (Å²) in [7, 11) is 0. The molecule has 0 fully saturated rings. The summed E-state index contributed by atoms with van der Waals surface area (Å²) < 4.78 is 49.3. The molecule has 7 nitrogen and oxygen atoms in total. The van der Waals surface area contributed by atoms with E-state index in [0.717, 1.165) is 12.1 Å². The molecule has 2 heterocycles. The highest BCUT2D eigenvalue weighted by Crippen LogP contribution is 2.33. The Kier molecular flexibility index (Phi) is 4.90. The Balaban J connectivity index is 1.59. The molecule has 10 heteroatoms. The van der Waals surface area contributed by atoms with E-state index in [2.05, 4.69) is 4.99 Å². The van der Waals surface area contributed by atoms with Gasteiger partial charge in [-0.2, -0.15) is 13.2 Å². The van der Waals surface area contributed by atoms with Gasteiger partial charge in [0.1, 0.15) is 11.5 Å². The summed E-state index contributed by atoms with van der Waals surface area (Å²) in [6.07, 6.45) is -3.19. The van der Waals surface area contributed by atoms with Gasteiger partial charge < -0.3 is 9.15 Å². The molecule has 0 saturated heterocycles. The van der Waals surface area contributed by atoms with Crippen molar-refractivity contribution in [1.82, 2.24) is 0 Å². The van der Waals surface area contributed by atoms with Crippen LogP contribution >= 0.6 is 0 Å². The minimum atomic E-state index is -4.48. The second-order valence-corrected chi connectivity index (χ2v) is 6.42. The molecule has 0 spiro atoms. The lowest BCUT2D eigenvalue weighted by atomic mass is 10.1. The molecule has 1 aromatic heterocycles. The van der Waals surface area contributed by atoms with Gasteiger partial charge in [-0.3, -0.25) is 10.1 Å². The molecule has 2 aromatic carbocycles. The van der Waals surface area contributed by atoms with Crippen molar-refractivity contribution in [2.45, 2.75) is 6.18 Å². The standard InChI is InChI=1S/C21H11F3N2O5/c22-21(23,24)14-3-1-2-13(10-14)18-9-8-16(30-18)11-17-20(27)31-19(25-17)12-4-6-15(7-5-12)26(28)29/h1-11H. The summed E-state index contributed by atoms with van der Waals surface area (Å²) in [5.41, 5.74) is -0.423. The number of hydrogen-bond acceptors (Lipinski definition) is 6. The van der Waals surface area contributed by atoms with Gasteiger partial charge in [0.05, 0.1) is 10.5 Å². The van der Waals surface area contributed by atoms with Crippen LogP contribution in [0.3, 0.4) is 0 Å². The third-order valence-corrected chi connectivity index (χ3v) is 4.33. The Labute approximate surface area is 172 Å². The van der Waals surface area contributed by atoms with Gasteiger partial charge in [0, 0.05) is 29.3 Å². The number of alkyl halides is 3. The van der Waals surface area contributed by atoms with Crippen LogP contribution in [0.1, 0.15) is 16.9 Å². The predicted molar refractivity (Wildman–Crippen MR) is 103 cm³/mol. The lowest BCUT2D eigenvalue weighted by Crippen LogP contribution is -2.05. The molecule has 0 saturated carbocycles. The van der Waals surface area contributed by atoms with Gasteiger partial charge in [-0.15, -0.1) is 0 Å². The average Bonchev–Trinajstić information content (AvgIpc) is 3.35. The lowest BCUT2D eigenvalue weighted by Gasteiger charge is -2.07. The van der Waals surface area contributed by atoms with Gasteiger partial charge in [0.2, 0.25) is 5.90 Å². The number of hydrogen-bond donors (Lipinski definition) is 0. The zero-order valence-electron chi connectivity index (χ0n) is 15.4. The number of esters is 1. The van der Waals surface area contributed by atoms with E-state index in [0.29, 0.717) is 5.56 Å². The van der Waals surface area contributed by atoms with Crippen molar-refractivity contribution in [3.63, 3.8) is 0 Å². The van der Waals surface area contributed by atoms with Crippen molar-refractivity contribution >= 4 is 23.6 Å². The summed E-state index contributed by atoms with van der Waals surface area (Å²) in [6, 6.07) is 12.9. The summed E-state index contributed by atoms with van der Waals surface area (Å²) in [4.78, 5) is 26.3. The molecule has 0 bridgehead atoms. The smallest absolute Gasteiger partial charge is 0.416 e. The predicted octanol–water partition coefficient (Wildman–Crippen LogP) is 5.22. The van der Waals surface area contributed by atoms with E-state index in [1.165, 1.54) is 54.6 Å². The highest BCUT2D eigenvalue weighted by molar-refractivity contribution is 6.12. The van der Waals surface area contributed by atoms with Crippen LogP contribution < -0.4 is 0 Å². The summed E-state index contributed by atoms with van der Waals surface area (Å²) in [5.74, 6) is -0.418. The van der Waals surface area contributed by atoms with Crippen molar-refractivity contribution in [2.75, 3.05) is 0 Å². The van der Waals surface area contributed by atoms with Gasteiger partial charge in [-0.05, 0) is 36.4 Å². The van der Waals surface area contributed by atoms with Crippen LogP contribution in [-0.4, -0.2) is 16.8 Å². The van der Waals surface area contributed by atoms with E-state index >= 15 is 0 Å². The third-order valence-electron chi connectivity index (χ3n) is 4.33. The van der Waals surface area contributed by atoms with E-state index in [1.807, 2.05) is 0 Å². The third kappa shape index (κ3) is 4.22. The molecule has 31 heavy (non-hydrogen) atoms. The number of non-ortho nitro benzene ring substituents is 1.